The molecular weight excluding hydrogens is 206 g/mol. The molecule has 2 unspecified atom stereocenters. The van der Waals surface area contributed by atoms with Gasteiger partial charge < -0.3 is 20.7 Å². The van der Waals surface area contributed by atoms with Crippen LogP contribution in [0.2, 0.25) is 0 Å². The molecule has 0 aromatic heterocycles. The summed E-state index contributed by atoms with van der Waals surface area (Å²) >= 11 is 0. The molecule has 5 heteroatoms. The summed E-state index contributed by atoms with van der Waals surface area (Å²) in [5.41, 5.74) is 5.62. The molecule has 0 bridgehead atoms. The zero-order chi connectivity index (χ0) is 12.6. The van der Waals surface area contributed by atoms with Crippen LogP contribution in [-0.2, 0) is 9.53 Å². The lowest BCUT2D eigenvalue weighted by Gasteiger charge is -2.24. The first kappa shape index (κ1) is 15.3. The van der Waals surface area contributed by atoms with Gasteiger partial charge in [0.05, 0.1) is 6.61 Å². The molecule has 0 saturated carbocycles. The van der Waals surface area contributed by atoms with Crippen LogP contribution in [-0.4, -0.2) is 56.2 Å². The van der Waals surface area contributed by atoms with Gasteiger partial charge in [-0.05, 0) is 20.0 Å². The van der Waals surface area contributed by atoms with Crippen LogP contribution in [0, 0.1) is 0 Å². The number of carbonyl (C=O) groups excluding carboxylic acids is 1. The summed E-state index contributed by atoms with van der Waals surface area (Å²) in [6.07, 6.45) is 0. The first-order valence-electron chi connectivity index (χ1n) is 5.82. The first-order valence-corrected chi connectivity index (χ1v) is 5.82. The van der Waals surface area contributed by atoms with Crippen molar-refractivity contribution in [3.05, 3.63) is 0 Å². The normalized spacial score (nSPS) is 14.9. The Labute approximate surface area is 98.3 Å². The average Bonchev–Trinajstić information content (AvgIpc) is 2.26. The van der Waals surface area contributed by atoms with Gasteiger partial charge in [-0.3, -0.25) is 4.79 Å². The predicted octanol–water partition coefficient (Wildman–Crippen LogP) is -0.193. The summed E-state index contributed by atoms with van der Waals surface area (Å²) in [5.74, 6) is -0.151. The number of nitrogens with two attached hydrogens (primary N) is 1. The van der Waals surface area contributed by atoms with E-state index in [0.29, 0.717) is 0 Å². The average molecular weight is 231 g/mol. The molecule has 0 aromatic carbocycles. The van der Waals surface area contributed by atoms with Gasteiger partial charge in [-0.1, -0.05) is 13.8 Å². The van der Waals surface area contributed by atoms with Crippen molar-refractivity contribution in [3.8, 4) is 0 Å². The molecule has 0 rings (SSSR count). The third-order valence-corrected chi connectivity index (χ3v) is 2.50. The fraction of sp³-hybridized carbons (Fsp3) is 0.909. The number of methoxy groups -OCH3 is 1. The number of ether oxygens (including phenoxy) is 1. The second-order valence-corrected chi connectivity index (χ2v) is 3.96. The van der Waals surface area contributed by atoms with Crippen LogP contribution in [0.15, 0.2) is 0 Å². The Balaban J connectivity index is 3.94. The zero-order valence-corrected chi connectivity index (χ0v) is 10.8. The topological polar surface area (TPSA) is 67.6 Å². The third kappa shape index (κ3) is 6.05. The van der Waals surface area contributed by atoms with E-state index < -0.39 is 6.04 Å². The second-order valence-electron chi connectivity index (χ2n) is 3.96. The Morgan fingerprint density at radius 3 is 2.44 bits per heavy atom. The number of rotatable bonds is 8. The molecule has 0 fully saturated rings. The van der Waals surface area contributed by atoms with Crippen molar-refractivity contribution in [3.63, 3.8) is 0 Å². The highest BCUT2D eigenvalue weighted by Gasteiger charge is 2.16. The molecule has 0 aliphatic carbocycles. The van der Waals surface area contributed by atoms with Gasteiger partial charge in [-0.2, -0.15) is 0 Å². The Morgan fingerprint density at radius 2 is 2.00 bits per heavy atom. The highest BCUT2D eigenvalue weighted by molar-refractivity contribution is 5.81. The van der Waals surface area contributed by atoms with Crippen molar-refractivity contribution >= 4 is 5.91 Å². The van der Waals surface area contributed by atoms with Crippen LogP contribution in [0.5, 0.6) is 0 Å². The monoisotopic (exact) mass is 231 g/mol. The van der Waals surface area contributed by atoms with Crippen LogP contribution >= 0.6 is 0 Å². The summed E-state index contributed by atoms with van der Waals surface area (Å²) < 4.78 is 4.83. The van der Waals surface area contributed by atoms with Gasteiger partial charge in [-0.25, -0.2) is 0 Å². The number of nitrogens with zero attached hydrogens (tertiary/aromatic N) is 1. The Morgan fingerprint density at radius 1 is 1.44 bits per heavy atom. The molecule has 0 radical (unpaired) electrons. The Bertz CT molecular complexity index is 196. The maximum absolute atomic E-state index is 11.6. The summed E-state index contributed by atoms with van der Waals surface area (Å²) in [5, 5.41) is 2.88. The van der Waals surface area contributed by atoms with E-state index in [1.807, 2.05) is 6.92 Å². The molecule has 0 aliphatic rings. The fourth-order valence-corrected chi connectivity index (χ4v) is 1.52. The molecule has 0 spiro atoms. The molecule has 2 atom stereocenters. The van der Waals surface area contributed by atoms with Crippen LogP contribution in [0.4, 0.5) is 0 Å². The van der Waals surface area contributed by atoms with Crippen LogP contribution in [0.3, 0.4) is 0 Å². The highest BCUT2D eigenvalue weighted by atomic mass is 16.5. The van der Waals surface area contributed by atoms with Gasteiger partial charge in [0.15, 0.2) is 0 Å². The molecular formula is C11H25N3O2. The van der Waals surface area contributed by atoms with Crippen LogP contribution in [0.25, 0.3) is 0 Å². The number of hydrogen-bond donors (Lipinski definition) is 2. The maximum Gasteiger partial charge on any atom is 0.239 e. The van der Waals surface area contributed by atoms with Crippen molar-refractivity contribution in [2.75, 3.05) is 33.4 Å². The Kier molecular flexibility index (Phi) is 8.15. The molecule has 1 amide bonds. The van der Waals surface area contributed by atoms with Crippen LogP contribution < -0.4 is 11.1 Å². The van der Waals surface area contributed by atoms with E-state index in [2.05, 4.69) is 24.1 Å². The van der Waals surface area contributed by atoms with Gasteiger partial charge in [0.2, 0.25) is 5.91 Å². The largest absolute Gasteiger partial charge is 0.383 e. The third-order valence-electron chi connectivity index (χ3n) is 2.50. The smallest absolute Gasteiger partial charge is 0.239 e. The van der Waals surface area contributed by atoms with E-state index >= 15 is 0 Å². The van der Waals surface area contributed by atoms with Crippen molar-refractivity contribution in [2.45, 2.75) is 32.9 Å². The number of carbonyl (C=O) groups is 1. The highest BCUT2D eigenvalue weighted by Crippen LogP contribution is 1.92. The van der Waals surface area contributed by atoms with Crippen LogP contribution in [0.1, 0.15) is 20.8 Å². The number of hydrogen-bond acceptors (Lipinski definition) is 4. The standard InChI is InChI=1S/C11H25N3O2/c1-5-14(6-2)7-9(3)13-11(15)10(12)8-16-4/h9-10H,5-8,12H2,1-4H3,(H,13,15). The summed E-state index contributed by atoms with van der Waals surface area (Å²) in [6, 6.07) is -0.473. The lowest BCUT2D eigenvalue weighted by Crippen LogP contribution is -2.49. The van der Waals surface area contributed by atoms with E-state index in [4.69, 9.17) is 10.5 Å². The lowest BCUT2D eigenvalue weighted by molar-refractivity contribution is -0.124. The molecule has 3 N–H and O–H groups in total. The maximum atomic E-state index is 11.6. The van der Waals surface area contributed by atoms with E-state index in [0.717, 1.165) is 19.6 Å². The quantitative estimate of drug-likeness (QED) is 0.607. The van der Waals surface area contributed by atoms with Gasteiger partial charge in [0.1, 0.15) is 6.04 Å². The van der Waals surface area contributed by atoms with Crippen molar-refractivity contribution in [1.82, 2.24) is 10.2 Å². The summed E-state index contributed by atoms with van der Waals surface area (Å²) in [6.45, 7) is 9.27. The van der Waals surface area contributed by atoms with Gasteiger partial charge in [-0.15, -0.1) is 0 Å². The van der Waals surface area contributed by atoms with Crippen molar-refractivity contribution in [1.29, 1.82) is 0 Å². The zero-order valence-electron chi connectivity index (χ0n) is 10.8. The number of amides is 1. The minimum atomic E-state index is -0.579. The van der Waals surface area contributed by atoms with E-state index in [-0.39, 0.29) is 18.6 Å². The predicted molar refractivity (Wildman–Crippen MR) is 65.2 cm³/mol. The fourth-order valence-electron chi connectivity index (χ4n) is 1.52. The van der Waals surface area contributed by atoms with Gasteiger partial charge in [0.25, 0.3) is 0 Å². The summed E-state index contributed by atoms with van der Waals surface area (Å²) in [4.78, 5) is 13.8. The van der Waals surface area contributed by atoms with E-state index in [1.54, 1.807) is 0 Å². The molecule has 0 saturated heterocycles. The number of nitrogens with one attached hydrogen (secondary N) is 1. The van der Waals surface area contributed by atoms with Crippen molar-refractivity contribution < 1.29 is 9.53 Å². The molecule has 5 nitrogen and oxygen atoms in total. The Hall–Kier alpha value is -0.650. The van der Waals surface area contributed by atoms with Gasteiger partial charge >= 0.3 is 0 Å². The second kappa shape index (κ2) is 8.50. The minimum Gasteiger partial charge on any atom is -0.383 e. The minimum absolute atomic E-state index is 0.107. The molecule has 0 aromatic rings. The summed E-state index contributed by atoms with van der Waals surface area (Å²) in [7, 11) is 1.53. The molecule has 0 aliphatic heterocycles. The van der Waals surface area contributed by atoms with E-state index in [1.165, 1.54) is 7.11 Å². The SMILES string of the molecule is CCN(CC)CC(C)NC(=O)C(N)COC. The molecule has 96 valence electrons. The van der Waals surface area contributed by atoms with E-state index in [9.17, 15) is 4.79 Å². The molecule has 16 heavy (non-hydrogen) atoms. The number of likely N-dealkylation sites (N-methyl/N-ethyl adjacent to an activating group) is 1. The first-order chi connectivity index (χ1) is 7.54. The van der Waals surface area contributed by atoms with Gasteiger partial charge in [0, 0.05) is 19.7 Å². The van der Waals surface area contributed by atoms with Crippen molar-refractivity contribution in [2.24, 2.45) is 5.73 Å². The molecule has 0 heterocycles. The lowest BCUT2D eigenvalue weighted by atomic mass is 10.2.